The zero-order chi connectivity index (χ0) is 26.4. The Balaban J connectivity index is 1.99. The number of piperidine rings is 1. The van der Waals surface area contributed by atoms with E-state index in [1.54, 1.807) is 0 Å². The minimum atomic E-state index is -0.883. The van der Waals surface area contributed by atoms with Crippen LogP contribution in [0.5, 0.6) is 0 Å². The van der Waals surface area contributed by atoms with Crippen molar-refractivity contribution < 1.29 is 19.8 Å². The number of nitrogens with one attached hydrogen (secondary N) is 1. The van der Waals surface area contributed by atoms with E-state index in [-0.39, 0.29) is 30.7 Å². The van der Waals surface area contributed by atoms with Gasteiger partial charge in [0.25, 0.3) is 0 Å². The van der Waals surface area contributed by atoms with E-state index in [0.717, 1.165) is 25.7 Å². The van der Waals surface area contributed by atoms with E-state index < -0.39 is 12.2 Å². The van der Waals surface area contributed by atoms with Gasteiger partial charge in [-0.1, -0.05) is 76.5 Å². The quantitative estimate of drug-likeness (QED) is 0.135. The number of unbranched alkanes of at least 4 members (excludes halogenated alkanes) is 11. The van der Waals surface area contributed by atoms with Gasteiger partial charge in [0.2, 0.25) is 11.8 Å². The molecule has 0 aliphatic carbocycles. The van der Waals surface area contributed by atoms with Crippen LogP contribution in [0.4, 0.5) is 0 Å². The topological polar surface area (TPSA) is 89.9 Å². The van der Waals surface area contributed by atoms with Gasteiger partial charge in [-0.2, -0.15) is 0 Å². The van der Waals surface area contributed by atoms with Crippen molar-refractivity contribution >= 4 is 11.8 Å². The molecule has 2 amide bonds. The van der Waals surface area contributed by atoms with Crippen molar-refractivity contribution in [1.82, 2.24) is 10.2 Å². The number of rotatable bonds is 21. The third kappa shape index (κ3) is 16.9. The van der Waals surface area contributed by atoms with Crippen LogP contribution < -0.4 is 5.32 Å². The van der Waals surface area contributed by atoms with Crippen LogP contribution >= 0.6 is 0 Å². The summed E-state index contributed by atoms with van der Waals surface area (Å²) < 4.78 is 0. The molecule has 0 spiro atoms. The molecule has 0 aromatic rings. The van der Waals surface area contributed by atoms with Gasteiger partial charge in [-0.05, 0) is 44.9 Å². The summed E-state index contributed by atoms with van der Waals surface area (Å²) >= 11 is 0. The molecule has 0 radical (unpaired) electrons. The average molecular weight is 507 g/mol. The Bertz CT molecular complexity index is 614. The highest BCUT2D eigenvalue weighted by Crippen LogP contribution is 2.15. The molecule has 0 saturated carbocycles. The number of allylic oxidation sites excluding steroid dienone is 2. The fraction of sp³-hybridized carbons (Fsp3) is 0.800. The van der Waals surface area contributed by atoms with Gasteiger partial charge in [0, 0.05) is 32.0 Å². The van der Waals surface area contributed by atoms with Crippen molar-refractivity contribution in [3.8, 4) is 0 Å². The molecule has 1 aliphatic heterocycles. The fourth-order valence-electron chi connectivity index (χ4n) is 4.74. The second-order valence-electron chi connectivity index (χ2n) is 10.5. The SMILES string of the molecule is C=CC(O)CC(O)CC(=O)NC1CCN(C(=O)CCCCCCCC=CCCCCCCCC)CC1. The molecular formula is C30H54N2O4. The molecule has 6 nitrogen and oxygen atoms in total. The number of nitrogens with zero attached hydrogens (tertiary/aromatic N) is 1. The average Bonchev–Trinajstić information content (AvgIpc) is 2.86. The fourth-order valence-corrected chi connectivity index (χ4v) is 4.74. The molecule has 1 heterocycles. The van der Waals surface area contributed by atoms with Gasteiger partial charge in [0.05, 0.1) is 18.6 Å². The number of hydrogen-bond acceptors (Lipinski definition) is 4. The number of aliphatic hydroxyl groups is 2. The molecule has 1 rings (SSSR count). The van der Waals surface area contributed by atoms with E-state index in [1.807, 2.05) is 4.90 Å². The first-order valence-electron chi connectivity index (χ1n) is 14.7. The first-order valence-corrected chi connectivity index (χ1v) is 14.7. The van der Waals surface area contributed by atoms with E-state index in [9.17, 15) is 19.8 Å². The Kier molecular flexibility index (Phi) is 19.3. The largest absolute Gasteiger partial charge is 0.392 e. The van der Waals surface area contributed by atoms with Gasteiger partial charge < -0.3 is 20.4 Å². The van der Waals surface area contributed by atoms with Crippen LogP contribution in [-0.4, -0.2) is 58.3 Å². The molecule has 1 fully saturated rings. The molecule has 2 atom stereocenters. The molecule has 3 N–H and O–H groups in total. The zero-order valence-corrected chi connectivity index (χ0v) is 23.0. The Hall–Kier alpha value is -1.66. The summed E-state index contributed by atoms with van der Waals surface area (Å²) in [7, 11) is 0. The summed E-state index contributed by atoms with van der Waals surface area (Å²) in [5, 5.41) is 22.3. The van der Waals surface area contributed by atoms with Crippen LogP contribution in [0.3, 0.4) is 0 Å². The lowest BCUT2D eigenvalue weighted by Crippen LogP contribution is -2.47. The minimum absolute atomic E-state index is 0.0282. The standard InChI is InChI=1S/C30H54N2O4/c1-3-5-6-7-8-9-10-11-12-13-14-15-16-17-18-19-30(36)32-22-20-26(21-23-32)31-29(35)25-28(34)24-27(33)4-2/h4,11-12,26-28,33-34H,2-3,5-10,13-25H2,1H3,(H,31,35). The summed E-state index contributed by atoms with van der Waals surface area (Å²) in [5.41, 5.74) is 0. The second kappa shape index (κ2) is 21.4. The molecule has 0 bridgehead atoms. The van der Waals surface area contributed by atoms with Crippen molar-refractivity contribution in [1.29, 1.82) is 0 Å². The molecule has 1 aliphatic rings. The van der Waals surface area contributed by atoms with Crippen LogP contribution in [-0.2, 0) is 9.59 Å². The smallest absolute Gasteiger partial charge is 0.222 e. The van der Waals surface area contributed by atoms with E-state index in [2.05, 4.69) is 31.0 Å². The van der Waals surface area contributed by atoms with Crippen molar-refractivity contribution in [3.05, 3.63) is 24.8 Å². The van der Waals surface area contributed by atoms with Crippen molar-refractivity contribution in [2.75, 3.05) is 13.1 Å². The maximum atomic E-state index is 12.5. The lowest BCUT2D eigenvalue weighted by atomic mass is 10.0. The maximum Gasteiger partial charge on any atom is 0.222 e. The Morgan fingerprint density at radius 2 is 1.47 bits per heavy atom. The van der Waals surface area contributed by atoms with E-state index in [4.69, 9.17) is 0 Å². The monoisotopic (exact) mass is 506 g/mol. The predicted octanol–water partition coefficient (Wildman–Crippen LogP) is 5.82. The number of aliphatic hydroxyl groups excluding tert-OH is 2. The Morgan fingerprint density at radius 3 is 2.06 bits per heavy atom. The minimum Gasteiger partial charge on any atom is -0.392 e. The first-order chi connectivity index (χ1) is 17.5. The van der Waals surface area contributed by atoms with Crippen LogP contribution in [0.2, 0.25) is 0 Å². The number of amides is 2. The van der Waals surface area contributed by atoms with E-state index >= 15 is 0 Å². The zero-order valence-electron chi connectivity index (χ0n) is 23.0. The van der Waals surface area contributed by atoms with Gasteiger partial charge in [0.15, 0.2) is 0 Å². The van der Waals surface area contributed by atoms with Gasteiger partial charge in [0.1, 0.15) is 0 Å². The summed E-state index contributed by atoms with van der Waals surface area (Å²) in [5.74, 6) is 0.0167. The van der Waals surface area contributed by atoms with Crippen LogP contribution in [0, 0.1) is 0 Å². The van der Waals surface area contributed by atoms with Crippen LogP contribution in [0.1, 0.15) is 122 Å². The highest BCUT2D eigenvalue weighted by atomic mass is 16.3. The van der Waals surface area contributed by atoms with Gasteiger partial charge in [-0.25, -0.2) is 0 Å². The van der Waals surface area contributed by atoms with E-state index in [0.29, 0.717) is 19.5 Å². The van der Waals surface area contributed by atoms with Crippen molar-refractivity contribution in [2.24, 2.45) is 0 Å². The number of likely N-dealkylation sites (tertiary alicyclic amines) is 1. The normalized spacial score (nSPS) is 16.2. The predicted molar refractivity (Wildman–Crippen MR) is 149 cm³/mol. The first kappa shape index (κ1) is 32.4. The van der Waals surface area contributed by atoms with Crippen LogP contribution in [0.15, 0.2) is 24.8 Å². The second-order valence-corrected chi connectivity index (χ2v) is 10.5. The lowest BCUT2D eigenvalue weighted by molar-refractivity contribution is -0.132. The highest BCUT2D eigenvalue weighted by molar-refractivity contribution is 5.77. The number of carbonyl (C=O) groups is 2. The summed E-state index contributed by atoms with van der Waals surface area (Å²) in [4.78, 5) is 26.5. The summed E-state index contributed by atoms with van der Waals surface area (Å²) in [6, 6.07) is 0.0397. The summed E-state index contributed by atoms with van der Waals surface area (Å²) in [6.45, 7) is 7.07. The van der Waals surface area contributed by atoms with Gasteiger partial charge in [-0.15, -0.1) is 6.58 Å². The van der Waals surface area contributed by atoms with E-state index in [1.165, 1.54) is 76.7 Å². The molecular weight excluding hydrogens is 452 g/mol. The molecule has 0 aromatic heterocycles. The van der Waals surface area contributed by atoms with Crippen molar-refractivity contribution in [2.45, 2.75) is 141 Å². The Labute approximate surface area is 220 Å². The van der Waals surface area contributed by atoms with Crippen LogP contribution in [0.25, 0.3) is 0 Å². The maximum absolute atomic E-state index is 12.5. The summed E-state index contributed by atoms with van der Waals surface area (Å²) in [6.07, 6.45) is 22.9. The molecule has 6 heteroatoms. The molecule has 208 valence electrons. The highest BCUT2D eigenvalue weighted by Gasteiger charge is 2.24. The Morgan fingerprint density at radius 1 is 0.917 bits per heavy atom. The lowest BCUT2D eigenvalue weighted by Gasteiger charge is -2.32. The van der Waals surface area contributed by atoms with Gasteiger partial charge in [-0.3, -0.25) is 9.59 Å². The third-order valence-electron chi connectivity index (χ3n) is 7.07. The molecule has 2 unspecified atom stereocenters. The van der Waals surface area contributed by atoms with Gasteiger partial charge >= 0.3 is 0 Å². The molecule has 36 heavy (non-hydrogen) atoms. The third-order valence-corrected chi connectivity index (χ3v) is 7.07. The molecule has 1 saturated heterocycles. The number of hydrogen-bond donors (Lipinski definition) is 3. The molecule has 0 aromatic carbocycles. The number of carbonyl (C=O) groups excluding carboxylic acids is 2. The van der Waals surface area contributed by atoms with Crippen molar-refractivity contribution in [3.63, 3.8) is 0 Å².